The minimum atomic E-state index is -2.67. The number of aromatic nitrogens is 2. The summed E-state index contributed by atoms with van der Waals surface area (Å²) < 4.78 is 24.8. The molecule has 0 bridgehead atoms. The Labute approximate surface area is 81.9 Å². The predicted octanol–water partition coefficient (Wildman–Crippen LogP) is 2.41. The van der Waals surface area contributed by atoms with Crippen LogP contribution in [0.2, 0.25) is 0 Å². The lowest BCUT2D eigenvalue weighted by atomic mass is 10.2. The summed E-state index contributed by atoms with van der Waals surface area (Å²) in [5.74, 6) is 0. The van der Waals surface area contributed by atoms with Gasteiger partial charge in [0.2, 0.25) is 0 Å². The molecule has 0 amide bonds. The summed E-state index contributed by atoms with van der Waals surface area (Å²) in [5, 5.41) is 16.3. The van der Waals surface area contributed by atoms with Crippen LogP contribution >= 0.6 is 0 Å². The fourth-order valence-corrected chi connectivity index (χ4v) is 1.30. The maximum Gasteiger partial charge on any atom is 0.280 e. The van der Waals surface area contributed by atoms with Crippen molar-refractivity contribution < 1.29 is 13.7 Å². The van der Waals surface area contributed by atoms with Gasteiger partial charge in [-0.15, -0.1) is 0 Å². The number of hydrogen-bond acceptors (Lipinski definition) is 3. The van der Waals surface area contributed by atoms with Crippen LogP contribution in [0.4, 0.5) is 14.5 Å². The number of halogens is 2. The molecule has 2 aromatic rings. The van der Waals surface area contributed by atoms with E-state index < -0.39 is 11.3 Å². The number of benzene rings is 1. The number of alkyl halides is 2. The number of nitro groups is 1. The average Bonchev–Trinajstić information content (AvgIpc) is 2.59. The first-order chi connectivity index (χ1) is 7.09. The third kappa shape index (κ3) is 1.51. The molecule has 1 N–H and O–H groups in total. The molecule has 0 aliphatic heterocycles. The van der Waals surface area contributed by atoms with E-state index in [0.29, 0.717) is 0 Å². The third-order valence-corrected chi connectivity index (χ3v) is 2.00. The standard InChI is InChI=1S/C8H5F2N3O2/c9-8(10)7-5-2-1-4(13(14)15)3-6(5)11-12-7/h1-3,8H,(H,11,12). The first kappa shape index (κ1) is 9.50. The van der Waals surface area contributed by atoms with Gasteiger partial charge in [-0.1, -0.05) is 0 Å². The molecule has 0 aliphatic carbocycles. The lowest BCUT2D eigenvalue weighted by molar-refractivity contribution is -0.384. The molecule has 0 atom stereocenters. The van der Waals surface area contributed by atoms with Crippen molar-refractivity contribution in [1.29, 1.82) is 0 Å². The molecule has 78 valence electrons. The van der Waals surface area contributed by atoms with Gasteiger partial charge in [-0.25, -0.2) is 8.78 Å². The van der Waals surface area contributed by atoms with Crippen LogP contribution in [0.25, 0.3) is 10.9 Å². The molecule has 0 saturated heterocycles. The maximum atomic E-state index is 12.4. The van der Waals surface area contributed by atoms with Gasteiger partial charge < -0.3 is 0 Å². The quantitative estimate of drug-likeness (QED) is 0.614. The second-order valence-electron chi connectivity index (χ2n) is 2.90. The summed E-state index contributed by atoms with van der Waals surface area (Å²) in [6.07, 6.45) is -2.67. The van der Waals surface area contributed by atoms with E-state index in [4.69, 9.17) is 0 Å². The van der Waals surface area contributed by atoms with Crippen molar-refractivity contribution in [3.05, 3.63) is 34.0 Å². The summed E-state index contributed by atoms with van der Waals surface area (Å²) >= 11 is 0. The van der Waals surface area contributed by atoms with Crippen molar-refractivity contribution in [2.24, 2.45) is 0 Å². The van der Waals surface area contributed by atoms with Crippen molar-refractivity contribution in [3.63, 3.8) is 0 Å². The van der Waals surface area contributed by atoms with E-state index in [1.807, 2.05) is 0 Å². The van der Waals surface area contributed by atoms with Gasteiger partial charge in [0.15, 0.2) is 0 Å². The first-order valence-electron chi connectivity index (χ1n) is 4.00. The van der Waals surface area contributed by atoms with Crippen molar-refractivity contribution in [2.45, 2.75) is 6.43 Å². The fourth-order valence-electron chi connectivity index (χ4n) is 1.30. The normalized spacial score (nSPS) is 11.1. The Morgan fingerprint density at radius 2 is 2.20 bits per heavy atom. The Kier molecular flexibility index (Phi) is 2.07. The van der Waals surface area contributed by atoms with Crippen molar-refractivity contribution in [1.82, 2.24) is 10.2 Å². The zero-order valence-electron chi connectivity index (χ0n) is 7.28. The van der Waals surface area contributed by atoms with Crippen LogP contribution < -0.4 is 0 Å². The van der Waals surface area contributed by atoms with E-state index in [1.54, 1.807) is 0 Å². The number of H-pyrrole nitrogens is 1. The number of nitrogens with zero attached hydrogens (tertiary/aromatic N) is 2. The van der Waals surface area contributed by atoms with E-state index in [2.05, 4.69) is 10.2 Å². The van der Waals surface area contributed by atoms with Gasteiger partial charge >= 0.3 is 0 Å². The minimum Gasteiger partial charge on any atom is -0.276 e. The summed E-state index contributed by atoms with van der Waals surface area (Å²) in [7, 11) is 0. The molecule has 1 aromatic carbocycles. The van der Waals surface area contributed by atoms with E-state index in [1.165, 1.54) is 12.1 Å². The van der Waals surface area contributed by atoms with Crippen LogP contribution in [0.1, 0.15) is 12.1 Å². The monoisotopic (exact) mass is 213 g/mol. The van der Waals surface area contributed by atoms with E-state index in [-0.39, 0.29) is 22.3 Å². The van der Waals surface area contributed by atoms with Gasteiger partial charge in [-0.2, -0.15) is 5.10 Å². The number of non-ortho nitro benzene ring substituents is 1. The first-order valence-corrected chi connectivity index (χ1v) is 4.00. The topological polar surface area (TPSA) is 71.8 Å². The summed E-state index contributed by atoms with van der Waals surface area (Å²) in [6, 6.07) is 3.58. The molecule has 1 aromatic heterocycles. The zero-order valence-corrected chi connectivity index (χ0v) is 7.28. The van der Waals surface area contributed by atoms with Crippen LogP contribution in [0.3, 0.4) is 0 Å². The molecule has 0 radical (unpaired) electrons. The number of rotatable bonds is 2. The number of aromatic amines is 1. The summed E-state index contributed by atoms with van der Waals surface area (Å²) in [5.41, 5.74) is -0.325. The Morgan fingerprint density at radius 1 is 1.47 bits per heavy atom. The predicted molar refractivity (Wildman–Crippen MR) is 47.7 cm³/mol. The second kappa shape index (κ2) is 3.26. The van der Waals surface area contributed by atoms with Crippen molar-refractivity contribution >= 4 is 16.6 Å². The highest BCUT2D eigenvalue weighted by atomic mass is 19.3. The molecule has 15 heavy (non-hydrogen) atoms. The van der Waals surface area contributed by atoms with Crippen molar-refractivity contribution in [3.8, 4) is 0 Å². The maximum absolute atomic E-state index is 12.4. The molecule has 0 aliphatic rings. The highest BCUT2D eigenvalue weighted by Crippen LogP contribution is 2.27. The van der Waals surface area contributed by atoms with Crippen molar-refractivity contribution in [2.75, 3.05) is 0 Å². The molecule has 0 fully saturated rings. The molecular formula is C8H5F2N3O2. The van der Waals surface area contributed by atoms with Gasteiger partial charge in [0.25, 0.3) is 12.1 Å². The summed E-state index contributed by atoms with van der Waals surface area (Å²) in [4.78, 5) is 9.80. The Balaban J connectivity index is 2.61. The Bertz CT molecular complexity index is 524. The molecule has 0 saturated carbocycles. The molecule has 2 rings (SSSR count). The van der Waals surface area contributed by atoms with Gasteiger partial charge in [0.05, 0.1) is 10.4 Å². The highest BCUT2D eigenvalue weighted by Gasteiger charge is 2.16. The van der Waals surface area contributed by atoms with Gasteiger partial charge in [0.1, 0.15) is 5.69 Å². The minimum absolute atomic E-state index is 0.166. The fraction of sp³-hybridized carbons (Fsp3) is 0.125. The Morgan fingerprint density at radius 3 is 2.80 bits per heavy atom. The molecule has 1 heterocycles. The number of hydrogen-bond donors (Lipinski definition) is 1. The smallest absolute Gasteiger partial charge is 0.276 e. The number of nitro benzene ring substituents is 1. The van der Waals surface area contributed by atoms with E-state index in [9.17, 15) is 18.9 Å². The van der Waals surface area contributed by atoms with Crippen LogP contribution in [-0.4, -0.2) is 15.1 Å². The van der Waals surface area contributed by atoms with Gasteiger partial charge in [-0.05, 0) is 6.07 Å². The molecular weight excluding hydrogens is 208 g/mol. The largest absolute Gasteiger partial charge is 0.280 e. The molecule has 7 heteroatoms. The lowest BCUT2D eigenvalue weighted by Gasteiger charge is -1.94. The van der Waals surface area contributed by atoms with Crippen LogP contribution in [0.15, 0.2) is 18.2 Å². The Hall–Kier alpha value is -2.05. The van der Waals surface area contributed by atoms with E-state index >= 15 is 0 Å². The lowest BCUT2D eigenvalue weighted by Crippen LogP contribution is -1.87. The van der Waals surface area contributed by atoms with Crippen LogP contribution in [0.5, 0.6) is 0 Å². The van der Waals surface area contributed by atoms with Crippen LogP contribution in [0, 0.1) is 10.1 Å². The SMILES string of the molecule is O=[N+]([O-])c1ccc2c(C(F)F)[nH]nc2c1. The third-order valence-electron chi connectivity index (χ3n) is 2.00. The average molecular weight is 213 g/mol. The second-order valence-corrected chi connectivity index (χ2v) is 2.90. The molecule has 0 spiro atoms. The zero-order chi connectivity index (χ0) is 11.0. The summed E-state index contributed by atoms with van der Waals surface area (Å²) in [6.45, 7) is 0. The molecule has 0 unspecified atom stereocenters. The van der Waals surface area contributed by atoms with E-state index in [0.717, 1.165) is 6.07 Å². The van der Waals surface area contributed by atoms with Gasteiger partial charge in [-0.3, -0.25) is 15.2 Å². The number of nitrogens with one attached hydrogen (secondary N) is 1. The number of fused-ring (bicyclic) bond motifs is 1. The van der Waals surface area contributed by atoms with Crippen LogP contribution in [-0.2, 0) is 0 Å². The highest BCUT2D eigenvalue weighted by molar-refractivity contribution is 5.83. The molecule has 5 nitrogen and oxygen atoms in total. The van der Waals surface area contributed by atoms with Gasteiger partial charge in [0, 0.05) is 17.5 Å².